The van der Waals surface area contributed by atoms with Crippen LogP contribution in [0.2, 0.25) is 0 Å². The Kier molecular flexibility index (Phi) is 8.92. The zero-order valence-corrected chi connectivity index (χ0v) is 24.4. The lowest BCUT2D eigenvalue weighted by atomic mass is 10.1. The van der Waals surface area contributed by atoms with Crippen molar-refractivity contribution in [2.24, 2.45) is 0 Å². The summed E-state index contributed by atoms with van der Waals surface area (Å²) in [6, 6.07) is 21.2. The smallest absolute Gasteiger partial charge is 0.253 e. The second kappa shape index (κ2) is 13.1. The van der Waals surface area contributed by atoms with Gasteiger partial charge in [0.1, 0.15) is 0 Å². The zero-order valence-electron chi connectivity index (χ0n) is 24.4. The summed E-state index contributed by atoms with van der Waals surface area (Å²) in [6.45, 7) is 1.64. The van der Waals surface area contributed by atoms with Crippen molar-refractivity contribution < 1.29 is 23.7 Å². The van der Waals surface area contributed by atoms with E-state index in [2.05, 4.69) is 0 Å². The Hall–Kier alpha value is -4.98. The van der Waals surface area contributed by atoms with E-state index in [0.29, 0.717) is 28.6 Å². The van der Waals surface area contributed by atoms with Gasteiger partial charge in [0.05, 0.1) is 45.5 Å². The first kappa shape index (κ1) is 28.5. The van der Waals surface area contributed by atoms with Gasteiger partial charge in [-0.2, -0.15) is 5.10 Å². The highest BCUT2D eigenvalue weighted by Crippen LogP contribution is 2.30. The summed E-state index contributed by atoms with van der Waals surface area (Å²) in [5, 5.41) is 4.88. The molecule has 0 saturated carbocycles. The molecule has 1 aliphatic rings. The zero-order chi connectivity index (χ0) is 29.5. The summed E-state index contributed by atoms with van der Waals surface area (Å²) < 4.78 is 23.5. The molecule has 1 aliphatic heterocycles. The van der Waals surface area contributed by atoms with Crippen molar-refractivity contribution in [3.05, 3.63) is 94.8 Å². The standard InChI is InChI=1S/C34H35N3O5/c1-39-30-17-9-24(21-32(30)41-3)7-13-27-23-29(14-8-25-10-18-31(40-2)33(22-25)42-4)37(35-27)28-15-11-26(12-16-28)34(38)36-19-5-6-20-36/h7-18,21-23H,5-6,19-20H2,1-4H3/b13-7+,14-8+. The highest BCUT2D eigenvalue weighted by Gasteiger charge is 2.19. The van der Waals surface area contributed by atoms with Crippen LogP contribution >= 0.6 is 0 Å². The minimum absolute atomic E-state index is 0.0756. The Bertz CT molecular complexity index is 1600. The molecule has 0 radical (unpaired) electrons. The molecule has 2 heterocycles. The number of rotatable bonds is 10. The number of likely N-dealkylation sites (tertiary alicyclic amines) is 1. The van der Waals surface area contributed by atoms with E-state index in [1.165, 1.54) is 0 Å². The summed E-state index contributed by atoms with van der Waals surface area (Å²) in [7, 11) is 6.47. The third-order valence-electron chi connectivity index (χ3n) is 7.22. The van der Waals surface area contributed by atoms with Crippen LogP contribution in [0.25, 0.3) is 30.0 Å². The molecule has 1 saturated heterocycles. The maximum Gasteiger partial charge on any atom is 0.253 e. The van der Waals surface area contributed by atoms with Crippen molar-refractivity contribution in [3.63, 3.8) is 0 Å². The minimum atomic E-state index is 0.0756. The highest BCUT2D eigenvalue weighted by molar-refractivity contribution is 5.94. The molecule has 4 aromatic rings. The number of carbonyl (C=O) groups is 1. The van der Waals surface area contributed by atoms with Gasteiger partial charge < -0.3 is 23.8 Å². The third-order valence-corrected chi connectivity index (χ3v) is 7.22. The Balaban J connectivity index is 1.47. The third kappa shape index (κ3) is 6.33. The molecule has 0 unspecified atom stereocenters. The fraction of sp³-hybridized carbons (Fsp3) is 0.235. The van der Waals surface area contributed by atoms with Gasteiger partial charge in [0.25, 0.3) is 5.91 Å². The van der Waals surface area contributed by atoms with Gasteiger partial charge in [-0.1, -0.05) is 24.3 Å². The molecule has 1 fully saturated rings. The molecule has 1 amide bonds. The summed E-state index contributed by atoms with van der Waals surface area (Å²) >= 11 is 0. The quantitative estimate of drug-likeness (QED) is 0.219. The highest BCUT2D eigenvalue weighted by atomic mass is 16.5. The number of ether oxygens (including phenoxy) is 4. The fourth-order valence-electron chi connectivity index (χ4n) is 4.95. The minimum Gasteiger partial charge on any atom is -0.493 e. The van der Waals surface area contributed by atoms with Crippen LogP contribution in [-0.2, 0) is 0 Å². The number of methoxy groups -OCH3 is 4. The van der Waals surface area contributed by atoms with Gasteiger partial charge in [-0.3, -0.25) is 4.79 Å². The molecular formula is C34H35N3O5. The summed E-state index contributed by atoms with van der Waals surface area (Å²) in [5.74, 6) is 2.74. The molecule has 1 aromatic heterocycles. The second-order valence-corrected chi connectivity index (χ2v) is 9.85. The van der Waals surface area contributed by atoms with Gasteiger partial charge in [-0.25, -0.2) is 4.68 Å². The number of carbonyl (C=O) groups excluding carboxylic acids is 1. The van der Waals surface area contributed by atoms with E-state index in [1.54, 1.807) is 28.4 Å². The number of nitrogens with zero attached hydrogens (tertiary/aromatic N) is 3. The van der Waals surface area contributed by atoms with Crippen LogP contribution in [0.15, 0.2) is 66.7 Å². The number of amides is 1. The molecule has 0 aliphatic carbocycles. The molecule has 3 aromatic carbocycles. The summed E-state index contributed by atoms with van der Waals surface area (Å²) in [5.41, 5.74) is 5.09. The molecule has 8 nitrogen and oxygen atoms in total. The topological polar surface area (TPSA) is 75.1 Å². The Morgan fingerprint density at radius 3 is 1.76 bits per heavy atom. The monoisotopic (exact) mass is 565 g/mol. The second-order valence-electron chi connectivity index (χ2n) is 9.85. The SMILES string of the molecule is COc1ccc(/C=C/c2cc(/C=C/c3ccc(OC)c(OC)c3)n(-c3ccc(C(=O)N4CCCC4)cc3)n2)cc1OC. The van der Waals surface area contributed by atoms with Gasteiger partial charge in [0, 0.05) is 18.7 Å². The molecule has 5 rings (SSSR count). The van der Waals surface area contributed by atoms with E-state index in [0.717, 1.165) is 54.1 Å². The van der Waals surface area contributed by atoms with E-state index in [4.69, 9.17) is 24.0 Å². The van der Waals surface area contributed by atoms with Crippen molar-refractivity contribution >= 4 is 30.2 Å². The van der Waals surface area contributed by atoms with Crippen molar-refractivity contribution in [2.75, 3.05) is 41.5 Å². The van der Waals surface area contributed by atoms with Crippen LogP contribution in [0.4, 0.5) is 0 Å². The predicted octanol–water partition coefficient (Wildman–Crippen LogP) is 6.48. The van der Waals surface area contributed by atoms with Gasteiger partial charge >= 0.3 is 0 Å². The number of hydrogen-bond donors (Lipinski definition) is 0. The molecule has 0 spiro atoms. The molecule has 42 heavy (non-hydrogen) atoms. The maximum atomic E-state index is 12.9. The first-order valence-electron chi connectivity index (χ1n) is 13.8. The number of benzene rings is 3. The maximum absolute atomic E-state index is 12.9. The lowest BCUT2D eigenvalue weighted by Crippen LogP contribution is -2.27. The predicted molar refractivity (Wildman–Crippen MR) is 166 cm³/mol. The van der Waals surface area contributed by atoms with Crippen LogP contribution < -0.4 is 18.9 Å². The average molecular weight is 566 g/mol. The van der Waals surface area contributed by atoms with Crippen molar-refractivity contribution in [1.82, 2.24) is 14.7 Å². The van der Waals surface area contributed by atoms with Gasteiger partial charge in [-0.05, 0) is 90.7 Å². The molecule has 0 bridgehead atoms. The van der Waals surface area contributed by atoms with Crippen LogP contribution in [-0.4, -0.2) is 62.1 Å². The van der Waals surface area contributed by atoms with Crippen LogP contribution in [0.3, 0.4) is 0 Å². The first-order chi connectivity index (χ1) is 20.5. The Labute approximate surface area is 246 Å². The van der Waals surface area contributed by atoms with Gasteiger partial charge in [0.2, 0.25) is 0 Å². The number of aromatic nitrogens is 2. The number of hydrogen-bond acceptors (Lipinski definition) is 6. The van der Waals surface area contributed by atoms with E-state index >= 15 is 0 Å². The Morgan fingerprint density at radius 1 is 0.667 bits per heavy atom. The fourth-order valence-corrected chi connectivity index (χ4v) is 4.95. The molecule has 8 heteroatoms. The van der Waals surface area contributed by atoms with Gasteiger partial charge in [-0.15, -0.1) is 0 Å². The van der Waals surface area contributed by atoms with E-state index in [-0.39, 0.29) is 5.91 Å². The molecule has 0 N–H and O–H groups in total. The summed E-state index contributed by atoms with van der Waals surface area (Å²) in [4.78, 5) is 14.8. The van der Waals surface area contributed by atoms with Crippen molar-refractivity contribution in [1.29, 1.82) is 0 Å². The van der Waals surface area contributed by atoms with Gasteiger partial charge in [0.15, 0.2) is 23.0 Å². The summed E-state index contributed by atoms with van der Waals surface area (Å²) in [6.07, 6.45) is 10.1. The van der Waals surface area contributed by atoms with E-state index in [1.807, 2.05) is 101 Å². The lowest BCUT2D eigenvalue weighted by molar-refractivity contribution is 0.0793. The van der Waals surface area contributed by atoms with E-state index in [9.17, 15) is 4.79 Å². The van der Waals surface area contributed by atoms with E-state index < -0.39 is 0 Å². The Morgan fingerprint density at radius 2 is 1.21 bits per heavy atom. The first-order valence-corrected chi connectivity index (χ1v) is 13.8. The van der Waals surface area contributed by atoms with Crippen LogP contribution in [0.1, 0.15) is 45.7 Å². The largest absolute Gasteiger partial charge is 0.493 e. The van der Waals surface area contributed by atoms with Crippen LogP contribution in [0, 0.1) is 0 Å². The molecular weight excluding hydrogens is 530 g/mol. The van der Waals surface area contributed by atoms with Crippen LogP contribution in [0.5, 0.6) is 23.0 Å². The molecule has 216 valence electrons. The molecule has 0 atom stereocenters. The average Bonchev–Trinajstić information content (AvgIpc) is 3.73. The van der Waals surface area contributed by atoms with Crippen molar-refractivity contribution in [3.8, 4) is 28.7 Å². The normalized spacial score (nSPS) is 13.2. The van der Waals surface area contributed by atoms with Crippen molar-refractivity contribution in [2.45, 2.75) is 12.8 Å². The lowest BCUT2D eigenvalue weighted by Gasteiger charge is -2.15.